The average molecular weight is 338 g/mol. The van der Waals surface area contributed by atoms with Gasteiger partial charge in [0.25, 0.3) is 0 Å². The lowest BCUT2D eigenvalue weighted by atomic mass is 10.1. The van der Waals surface area contributed by atoms with E-state index in [1.807, 2.05) is 0 Å². The number of unbranched alkanes of at least 4 members (excludes halogenated alkanes) is 4. The van der Waals surface area contributed by atoms with Gasteiger partial charge in [-0.2, -0.15) is 0 Å². The predicted octanol–water partition coefficient (Wildman–Crippen LogP) is 5.61. The molecule has 4 heteroatoms. The Bertz CT molecular complexity index is 519. The first-order valence-electron chi connectivity index (χ1n) is 9.03. The third-order valence-corrected chi connectivity index (χ3v) is 5.04. The fourth-order valence-corrected chi connectivity index (χ4v) is 3.68. The summed E-state index contributed by atoms with van der Waals surface area (Å²) in [4.78, 5) is 5.93. The number of thiophene rings is 1. The van der Waals surface area contributed by atoms with Crippen molar-refractivity contribution in [3.05, 3.63) is 15.8 Å². The van der Waals surface area contributed by atoms with Crippen molar-refractivity contribution in [2.45, 2.75) is 78.2 Å². The third kappa shape index (κ3) is 5.23. The summed E-state index contributed by atoms with van der Waals surface area (Å²) in [6.45, 7) is 10.2. The van der Waals surface area contributed by atoms with Crippen LogP contribution >= 0.6 is 11.3 Å². The van der Waals surface area contributed by atoms with Crippen molar-refractivity contribution in [2.75, 3.05) is 13.2 Å². The summed E-state index contributed by atoms with van der Waals surface area (Å²) >= 11 is 1.72. The summed E-state index contributed by atoms with van der Waals surface area (Å²) < 4.78 is 11.9. The molecule has 0 radical (unpaired) electrons. The molecule has 23 heavy (non-hydrogen) atoms. The molecule has 2 rings (SSSR count). The molecule has 0 amide bonds. The molecule has 0 spiro atoms. The van der Waals surface area contributed by atoms with Gasteiger partial charge >= 0.3 is 0 Å². The van der Waals surface area contributed by atoms with E-state index in [1.54, 1.807) is 11.3 Å². The Labute approximate surface area is 145 Å². The second kappa shape index (κ2) is 8.72. The minimum absolute atomic E-state index is 0.109. The van der Waals surface area contributed by atoms with Gasteiger partial charge in [0.2, 0.25) is 5.90 Å². The van der Waals surface area contributed by atoms with Crippen LogP contribution in [0.1, 0.15) is 76.7 Å². The van der Waals surface area contributed by atoms with Crippen molar-refractivity contribution in [3.63, 3.8) is 0 Å². The van der Waals surface area contributed by atoms with E-state index in [0.717, 1.165) is 31.1 Å². The van der Waals surface area contributed by atoms with Crippen molar-refractivity contribution < 1.29 is 9.47 Å². The molecule has 0 bridgehead atoms. The molecule has 1 aliphatic heterocycles. The Morgan fingerprint density at radius 3 is 2.57 bits per heavy atom. The van der Waals surface area contributed by atoms with Crippen molar-refractivity contribution >= 4 is 17.2 Å². The smallest absolute Gasteiger partial charge is 0.227 e. The van der Waals surface area contributed by atoms with Gasteiger partial charge in [-0.1, -0.05) is 39.5 Å². The summed E-state index contributed by atoms with van der Waals surface area (Å²) in [5.74, 6) is 1.86. The topological polar surface area (TPSA) is 30.8 Å². The third-order valence-electron chi connectivity index (χ3n) is 4.05. The minimum Gasteiger partial charge on any atom is -0.492 e. The largest absolute Gasteiger partial charge is 0.492 e. The standard InChI is InChI=1S/C19H31NO2S/c1-5-7-9-11-15-16(21-12-10-8-6-2)13-23-17(15)18-20-19(3,4)14-22-18/h13H,5-12,14H2,1-4H3. The first kappa shape index (κ1) is 18.3. The van der Waals surface area contributed by atoms with E-state index < -0.39 is 0 Å². The van der Waals surface area contributed by atoms with E-state index in [1.165, 1.54) is 42.5 Å². The van der Waals surface area contributed by atoms with E-state index in [2.05, 4.69) is 33.1 Å². The van der Waals surface area contributed by atoms with Crippen LogP contribution in [0.3, 0.4) is 0 Å². The lowest BCUT2D eigenvalue weighted by molar-refractivity contribution is 0.279. The van der Waals surface area contributed by atoms with E-state index in [9.17, 15) is 0 Å². The number of hydrogen-bond donors (Lipinski definition) is 0. The van der Waals surface area contributed by atoms with Crippen LogP contribution in [0.4, 0.5) is 0 Å². The Morgan fingerprint density at radius 2 is 1.91 bits per heavy atom. The molecule has 1 aliphatic rings. The molecule has 0 aromatic carbocycles. The lowest BCUT2D eigenvalue weighted by Gasteiger charge is -2.09. The average Bonchev–Trinajstić information content (AvgIpc) is 3.07. The van der Waals surface area contributed by atoms with Crippen LogP contribution in [0.15, 0.2) is 10.4 Å². The molecule has 3 nitrogen and oxygen atoms in total. The van der Waals surface area contributed by atoms with Crippen LogP contribution in [-0.2, 0) is 11.2 Å². The number of ether oxygens (including phenoxy) is 2. The number of rotatable bonds is 10. The summed E-state index contributed by atoms with van der Waals surface area (Å²) in [6.07, 6.45) is 8.31. The zero-order valence-corrected chi connectivity index (χ0v) is 15.9. The molecule has 1 aromatic heterocycles. The van der Waals surface area contributed by atoms with Gasteiger partial charge in [0, 0.05) is 10.9 Å². The van der Waals surface area contributed by atoms with Gasteiger partial charge in [-0.25, -0.2) is 4.99 Å². The maximum atomic E-state index is 6.06. The molecular formula is C19H31NO2S. The molecule has 0 fully saturated rings. The van der Waals surface area contributed by atoms with Crippen LogP contribution in [0.2, 0.25) is 0 Å². The molecule has 1 aromatic rings. The first-order valence-corrected chi connectivity index (χ1v) is 9.91. The van der Waals surface area contributed by atoms with Crippen LogP contribution in [0, 0.1) is 0 Å². The number of nitrogens with zero attached hydrogens (tertiary/aromatic N) is 1. The van der Waals surface area contributed by atoms with E-state index in [-0.39, 0.29) is 5.54 Å². The van der Waals surface area contributed by atoms with Crippen LogP contribution in [0.5, 0.6) is 5.75 Å². The summed E-state index contributed by atoms with van der Waals surface area (Å²) in [5.41, 5.74) is 1.19. The van der Waals surface area contributed by atoms with Gasteiger partial charge in [-0.15, -0.1) is 11.3 Å². The highest BCUT2D eigenvalue weighted by molar-refractivity contribution is 7.12. The second-order valence-electron chi connectivity index (χ2n) is 6.94. The first-order chi connectivity index (χ1) is 11.1. The fourth-order valence-electron chi connectivity index (χ4n) is 2.69. The van der Waals surface area contributed by atoms with E-state index in [0.29, 0.717) is 6.61 Å². The Morgan fingerprint density at radius 1 is 1.17 bits per heavy atom. The van der Waals surface area contributed by atoms with Gasteiger partial charge in [-0.3, -0.25) is 0 Å². The molecule has 0 aliphatic carbocycles. The maximum Gasteiger partial charge on any atom is 0.227 e. The Hall–Kier alpha value is -1.03. The van der Waals surface area contributed by atoms with Gasteiger partial charge in [0.05, 0.1) is 17.0 Å². The molecule has 0 N–H and O–H groups in total. The molecular weight excluding hydrogens is 306 g/mol. The van der Waals surface area contributed by atoms with Gasteiger partial charge in [-0.05, 0) is 33.1 Å². The number of aliphatic imine (C=N–C) groups is 1. The van der Waals surface area contributed by atoms with E-state index >= 15 is 0 Å². The zero-order valence-electron chi connectivity index (χ0n) is 15.1. The minimum atomic E-state index is -0.109. The molecule has 0 saturated carbocycles. The van der Waals surface area contributed by atoms with Gasteiger partial charge < -0.3 is 9.47 Å². The molecule has 0 saturated heterocycles. The highest BCUT2D eigenvalue weighted by atomic mass is 32.1. The fraction of sp³-hybridized carbons (Fsp3) is 0.737. The van der Waals surface area contributed by atoms with Gasteiger partial charge in [0.15, 0.2) is 0 Å². The SMILES string of the molecule is CCCCCOc1csc(C2=NC(C)(C)CO2)c1CCCCC. The van der Waals surface area contributed by atoms with Crippen molar-refractivity contribution in [3.8, 4) is 5.75 Å². The van der Waals surface area contributed by atoms with Crippen LogP contribution < -0.4 is 4.74 Å². The lowest BCUT2D eigenvalue weighted by Crippen LogP contribution is -2.17. The second-order valence-corrected chi connectivity index (χ2v) is 7.82. The highest BCUT2D eigenvalue weighted by Gasteiger charge is 2.30. The molecule has 0 unspecified atom stereocenters. The summed E-state index contributed by atoms with van der Waals surface area (Å²) in [6, 6.07) is 0. The van der Waals surface area contributed by atoms with Crippen molar-refractivity contribution in [1.82, 2.24) is 0 Å². The molecule has 2 heterocycles. The maximum absolute atomic E-state index is 6.06. The Kier molecular flexibility index (Phi) is 6.94. The number of hydrogen-bond acceptors (Lipinski definition) is 4. The van der Waals surface area contributed by atoms with Crippen LogP contribution in [0.25, 0.3) is 0 Å². The van der Waals surface area contributed by atoms with Crippen molar-refractivity contribution in [1.29, 1.82) is 0 Å². The van der Waals surface area contributed by atoms with Crippen molar-refractivity contribution in [2.24, 2.45) is 4.99 Å². The molecule has 0 atom stereocenters. The summed E-state index contributed by atoms with van der Waals surface area (Å²) in [7, 11) is 0. The predicted molar refractivity (Wildman–Crippen MR) is 99.1 cm³/mol. The Balaban J connectivity index is 2.12. The zero-order chi connectivity index (χ0) is 16.7. The van der Waals surface area contributed by atoms with Crippen LogP contribution in [-0.4, -0.2) is 24.7 Å². The molecule has 130 valence electrons. The quantitative estimate of drug-likeness (QED) is 0.520. The van der Waals surface area contributed by atoms with Gasteiger partial charge in [0.1, 0.15) is 12.4 Å². The normalized spacial score (nSPS) is 16.3. The summed E-state index contributed by atoms with van der Waals surface area (Å²) in [5, 5.41) is 2.14. The van der Waals surface area contributed by atoms with E-state index in [4.69, 9.17) is 14.5 Å². The highest BCUT2D eigenvalue weighted by Crippen LogP contribution is 2.34. The monoisotopic (exact) mass is 337 g/mol.